The number of nitriles is 1. The lowest BCUT2D eigenvalue weighted by Gasteiger charge is -2.18. The van der Waals surface area contributed by atoms with Crippen LogP contribution in [0.1, 0.15) is 33.1 Å². The van der Waals surface area contributed by atoms with Crippen molar-refractivity contribution in [1.82, 2.24) is 5.32 Å². The molecule has 0 saturated heterocycles. The second kappa shape index (κ2) is 8.48. The molecule has 0 unspecified atom stereocenters. The fourth-order valence-corrected chi connectivity index (χ4v) is 1.42. The summed E-state index contributed by atoms with van der Waals surface area (Å²) in [6.07, 6.45) is -0.541. The van der Waals surface area contributed by atoms with Crippen LogP contribution >= 0.6 is 0 Å². The second-order valence-electron chi connectivity index (χ2n) is 4.43. The third kappa shape index (κ3) is 6.21. The van der Waals surface area contributed by atoms with Crippen LogP contribution in [0.25, 0.3) is 0 Å². The lowest BCUT2D eigenvalue weighted by molar-refractivity contribution is -0.146. The minimum atomic E-state index is -1.15. The molecule has 0 bridgehead atoms. The van der Waals surface area contributed by atoms with Crippen LogP contribution in [0.5, 0.6) is 0 Å². The van der Waals surface area contributed by atoms with E-state index >= 15 is 0 Å². The molecule has 0 heterocycles. The van der Waals surface area contributed by atoms with E-state index in [9.17, 15) is 14.7 Å². The molecule has 2 atom stereocenters. The Morgan fingerprint density at radius 1 is 1.44 bits per heavy atom. The Hall–Kier alpha value is -1.61. The van der Waals surface area contributed by atoms with E-state index in [-0.39, 0.29) is 18.8 Å². The van der Waals surface area contributed by atoms with Crippen molar-refractivity contribution >= 4 is 11.9 Å². The Labute approximate surface area is 107 Å². The molecule has 1 amide bonds. The Balaban J connectivity index is 4.43. The van der Waals surface area contributed by atoms with Crippen molar-refractivity contribution in [2.24, 2.45) is 5.92 Å². The highest BCUT2D eigenvalue weighted by Crippen LogP contribution is 2.06. The summed E-state index contributed by atoms with van der Waals surface area (Å²) in [6.45, 7) is 3.76. The fraction of sp³-hybridized carbons (Fsp3) is 0.750. The SMILES string of the molecule is COC(=O)[C@@H](CCC#N)NC(=O)[C@@H](O)CC(C)C. The number of carbonyl (C=O) groups excluding carboxylic acids is 2. The van der Waals surface area contributed by atoms with Gasteiger partial charge in [-0.15, -0.1) is 0 Å². The van der Waals surface area contributed by atoms with E-state index in [0.29, 0.717) is 6.42 Å². The number of hydrogen-bond donors (Lipinski definition) is 2. The topological polar surface area (TPSA) is 99.4 Å². The molecule has 0 aromatic rings. The Morgan fingerprint density at radius 3 is 2.50 bits per heavy atom. The van der Waals surface area contributed by atoms with Gasteiger partial charge in [-0.2, -0.15) is 5.26 Å². The number of nitrogens with one attached hydrogen (secondary N) is 1. The van der Waals surface area contributed by atoms with Gasteiger partial charge in [0, 0.05) is 6.42 Å². The molecular weight excluding hydrogens is 236 g/mol. The minimum Gasteiger partial charge on any atom is -0.467 e. The van der Waals surface area contributed by atoms with Gasteiger partial charge in [-0.1, -0.05) is 13.8 Å². The highest BCUT2D eigenvalue weighted by atomic mass is 16.5. The van der Waals surface area contributed by atoms with Crippen LogP contribution in [0.2, 0.25) is 0 Å². The van der Waals surface area contributed by atoms with Crippen molar-refractivity contribution in [2.45, 2.75) is 45.3 Å². The molecular formula is C12H20N2O4. The predicted molar refractivity (Wildman–Crippen MR) is 64.3 cm³/mol. The van der Waals surface area contributed by atoms with E-state index in [2.05, 4.69) is 10.1 Å². The molecule has 0 aliphatic rings. The zero-order valence-electron chi connectivity index (χ0n) is 11.0. The number of methoxy groups -OCH3 is 1. The summed E-state index contributed by atoms with van der Waals surface area (Å²) >= 11 is 0. The van der Waals surface area contributed by atoms with Crippen LogP contribution in [-0.2, 0) is 14.3 Å². The van der Waals surface area contributed by atoms with E-state index in [1.165, 1.54) is 7.11 Å². The van der Waals surface area contributed by atoms with Gasteiger partial charge in [-0.05, 0) is 18.8 Å². The van der Waals surface area contributed by atoms with Crippen LogP contribution in [0.4, 0.5) is 0 Å². The van der Waals surface area contributed by atoms with Crippen molar-refractivity contribution in [3.63, 3.8) is 0 Å². The standard InChI is InChI=1S/C12H20N2O4/c1-8(2)7-10(15)11(16)14-9(5-4-6-13)12(17)18-3/h8-10,15H,4-5,7H2,1-3H3,(H,14,16)/t9-,10+/m1/s1. The fourth-order valence-electron chi connectivity index (χ4n) is 1.42. The number of aliphatic hydroxyl groups excluding tert-OH is 1. The molecule has 0 aromatic heterocycles. The largest absolute Gasteiger partial charge is 0.467 e. The Morgan fingerprint density at radius 2 is 2.06 bits per heavy atom. The van der Waals surface area contributed by atoms with Crippen LogP contribution in [-0.4, -0.2) is 36.2 Å². The van der Waals surface area contributed by atoms with E-state index < -0.39 is 24.0 Å². The van der Waals surface area contributed by atoms with Crippen LogP contribution < -0.4 is 5.32 Å². The first-order valence-corrected chi connectivity index (χ1v) is 5.85. The summed E-state index contributed by atoms with van der Waals surface area (Å²) < 4.78 is 4.53. The highest BCUT2D eigenvalue weighted by Gasteiger charge is 2.25. The average Bonchev–Trinajstić information content (AvgIpc) is 2.32. The van der Waals surface area contributed by atoms with E-state index in [4.69, 9.17) is 5.26 Å². The number of carbonyl (C=O) groups is 2. The van der Waals surface area contributed by atoms with Gasteiger partial charge in [-0.3, -0.25) is 4.79 Å². The van der Waals surface area contributed by atoms with Gasteiger partial charge >= 0.3 is 5.97 Å². The lowest BCUT2D eigenvalue weighted by atomic mass is 10.0. The maximum absolute atomic E-state index is 11.6. The maximum atomic E-state index is 11.6. The monoisotopic (exact) mass is 256 g/mol. The molecule has 6 heteroatoms. The van der Waals surface area contributed by atoms with Crippen molar-refractivity contribution in [2.75, 3.05) is 7.11 Å². The molecule has 0 saturated carbocycles. The smallest absolute Gasteiger partial charge is 0.328 e. The number of ether oxygens (including phenoxy) is 1. The van der Waals surface area contributed by atoms with Gasteiger partial charge in [0.05, 0.1) is 13.2 Å². The summed E-state index contributed by atoms with van der Waals surface area (Å²) in [5, 5.41) is 20.4. The van der Waals surface area contributed by atoms with Crippen LogP contribution in [0.15, 0.2) is 0 Å². The van der Waals surface area contributed by atoms with E-state index in [0.717, 1.165) is 0 Å². The molecule has 0 aliphatic heterocycles. The summed E-state index contributed by atoms with van der Waals surface area (Å²) in [5.74, 6) is -1.06. The third-order valence-electron chi connectivity index (χ3n) is 2.34. The minimum absolute atomic E-state index is 0.125. The normalized spacial score (nSPS) is 13.6. The molecule has 0 aliphatic carbocycles. The Kier molecular flexibility index (Phi) is 7.72. The molecule has 0 aromatic carbocycles. The van der Waals surface area contributed by atoms with Gasteiger partial charge < -0.3 is 15.2 Å². The summed E-state index contributed by atoms with van der Waals surface area (Å²) in [7, 11) is 1.21. The van der Waals surface area contributed by atoms with Crippen LogP contribution in [0.3, 0.4) is 0 Å². The average molecular weight is 256 g/mol. The quantitative estimate of drug-likeness (QED) is 0.640. The second-order valence-corrected chi connectivity index (χ2v) is 4.43. The zero-order chi connectivity index (χ0) is 14.1. The number of nitrogens with zero attached hydrogens (tertiary/aromatic N) is 1. The van der Waals surface area contributed by atoms with Gasteiger partial charge in [0.15, 0.2) is 0 Å². The van der Waals surface area contributed by atoms with Gasteiger partial charge in [0.25, 0.3) is 0 Å². The van der Waals surface area contributed by atoms with E-state index in [1.54, 1.807) is 0 Å². The van der Waals surface area contributed by atoms with Gasteiger partial charge in [0.2, 0.25) is 5.91 Å². The number of amides is 1. The molecule has 18 heavy (non-hydrogen) atoms. The number of aliphatic hydroxyl groups is 1. The molecule has 0 fully saturated rings. The summed E-state index contributed by atoms with van der Waals surface area (Å²) in [5.41, 5.74) is 0. The Bertz CT molecular complexity index is 323. The predicted octanol–water partition coefficient (Wildman–Crippen LogP) is 0.355. The van der Waals surface area contributed by atoms with Gasteiger partial charge in [-0.25, -0.2) is 4.79 Å². The molecule has 0 spiro atoms. The van der Waals surface area contributed by atoms with E-state index in [1.807, 2.05) is 19.9 Å². The molecule has 2 N–H and O–H groups in total. The molecule has 102 valence electrons. The number of esters is 1. The summed E-state index contributed by atoms with van der Waals surface area (Å²) in [6, 6.07) is 1.01. The van der Waals surface area contributed by atoms with Crippen molar-refractivity contribution in [3.05, 3.63) is 0 Å². The van der Waals surface area contributed by atoms with Crippen molar-refractivity contribution in [3.8, 4) is 6.07 Å². The number of hydrogen-bond acceptors (Lipinski definition) is 5. The van der Waals surface area contributed by atoms with Crippen molar-refractivity contribution in [1.29, 1.82) is 5.26 Å². The first-order valence-electron chi connectivity index (χ1n) is 5.85. The third-order valence-corrected chi connectivity index (χ3v) is 2.34. The van der Waals surface area contributed by atoms with Crippen molar-refractivity contribution < 1.29 is 19.4 Å². The molecule has 0 rings (SSSR count). The van der Waals surface area contributed by atoms with Crippen LogP contribution in [0, 0.1) is 17.2 Å². The molecule has 0 radical (unpaired) electrons. The number of rotatable bonds is 7. The zero-order valence-corrected chi connectivity index (χ0v) is 11.0. The summed E-state index contributed by atoms with van der Waals surface area (Å²) in [4.78, 5) is 23.0. The van der Waals surface area contributed by atoms with Gasteiger partial charge in [0.1, 0.15) is 12.1 Å². The first-order chi connectivity index (χ1) is 8.42. The highest BCUT2D eigenvalue weighted by molar-refractivity contribution is 5.86. The first kappa shape index (κ1) is 16.4. The lowest BCUT2D eigenvalue weighted by Crippen LogP contribution is -2.46. The molecule has 6 nitrogen and oxygen atoms in total. The maximum Gasteiger partial charge on any atom is 0.328 e.